The summed E-state index contributed by atoms with van der Waals surface area (Å²) in [5.41, 5.74) is 5.92. The number of hydrogen-bond acceptors (Lipinski definition) is 6. The fourth-order valence-electron chi connectivity index (χ4n) is 1.07. The Kier molecular flexibility index (Phi) is 6.82. The number of carbonyl (C=O) groups is 2. The van der Waals surface area contributed by atoms with Gasteiger partial charge in [0.2, 0.25) is 5.91 Å². The lowest BCUT2D eigenvalue weighted by Gasteiger charge is -2.06. The molecule has 102 valence electrons. The number of nitrogens with two attached hydrogens (primary N) is 1. The Bertz CT molecular complexity index is 436. The molecule has 0 bridgehead atoms. The van der Waals surface area contributed by atoms with E-state index in [1.165, 1.54) is 7.11 Å². The van der Waals surface area contributed by atoms with Gasteiger partial charge >= 0.3 is 5.97 Å². The van der Waals surface area contributed by atoms with E-state index in [9.17, 15) is 9.59 Å². The maximum atomic E-state index is 11.6. The average Bonchev–Trinajstić information content (AvgIpc) is 2.67. The van der Waals surface area contributed by atoms with Gasteiger partial charge in [0.25, 0.3) is 0 Å². The summed E-state index contributed by atoms with van der Waals surface area (Å²) in [6.45, 7) is 3.67. The molecule has 1 heterocycles. The third-order valence-corrected chi connectivity index (χ3v) is 3.25. The first-order valence-electron chi connectivity index (χ1n) is 5.06. The van der Waals surface area contributed by atoms with Crippen LogP contribution in [0.2, 0.25) is 0 Å². The standard InChI is InChI=1S/C10H15N3O3S.ClH/c1-5(4-11)8(14)13-10-12-6(2)7(17-10)9(15)16-3;/h5H,4,11H2,1-3H3,(H,12,13,14);1H. The number of rotatable bonds is 4. The smallest absolute Gasteiger partial charge is 0.350 e. The van der Waals surface area contributed by atoms with Crippen LogP contribution in [0.1, 0.15) is 22.3 Å². The number of carbonyl (C=O) groups excluding carboxylic acids is 2. The van der Waals surface area contributed by atoms with Crippen molar-refractivity contribution in [2.75, 3.05) is 19.0 Å². The van der Waals surface area contributed by atoms with Crippen molar-refractivity contribution in [3.8, 4) is 0 Å². The molecule has 18 heavy (non-hydrogen) atoms. The minimum absolute atomic E-state index is 0. The van der Waals surface area contributed by atoms with E-state index in [-0.39, 0.29) is 30.8 Å². The molecule has 1 aromatic heterocycles. The van der Waals surface area contributed by atoms with Crippen molar-refractivity contribution in [1.29, 1.82) is 0 Å². The summed E-state index contributed by atoms with van der Waals surface area (Å²) >= 11 is 1.09. The number of halogens is 1. The molecule has 3 N–H and O–H groups in total. The van der Waals surface area contributed by atoms with Crippen molar-refractivity contribution >= 4 is 40.8 Å². The Morgan fingerprint density at radius 3 is 2.67 bits per heavy atom. The van der Waals surface area contributed by atoms with Crippen molar-refractivity contribution in [2.45, 2.75) is 13.8 Å². The monoisotopic (exact) mass is 293 g/mol. The number of methoxy groups -OCH3 is 1. The van der Waals surface area contributed by atoms with Crippen molar-refractivity contribution in [3.63, 3.8) is 0 Å². The van der Waals surface area contributed by atoms with E-state index >= 15 is 0 Å². The van der Waals surface area contributed by atoms with E-state index < -0.39 is 5.97 Å². The third-order valence-electron chi connectivity index (χ3n) is 2.20. The van der Waals surface area contributed by atoms with Crippen LogP contribution in [0.3, 0.4) is 0 Å². The van der Waals surface area contributed by atoms with Crippen LogP contribution in [0.25, 0.3) is 0 Å². The van der Waals surface area contributed by atoms with Gasteiger partial charge in [0, 0.05) is 12.5 Å². The quantitative estimate of drug-likeness (QED) is 0.813. The first-order valence-corrected chi connectivity index (χ1v) is 5.88. The van der Waals surface area contributed by atoms with Crippen LogP contribution in [0.4, 0.5) is 5.13 Å². The molecule has 1 aromatic rings. The van der Waals surface area contributed by atoms with Gasteiger partial charge in [-0.3, -0.25) is 4.79 Å². The van der Waals surface area contributed by atoms with Crippen molar-refractivity contribution < 1.29 is 14.3 Å². The number of amides is 1. The molecule has 0 radical (unpaired) electrons. The molecule has 1 unspecified atom stereocenters. The van der Waals surface area contributed by atoms with Crippen molar-refractivity contribution in [2.24, 2.45) is 11.7 Å². The molecule has 0 aliphatic rings. The molecule has 8 heteroatoms. The van der Waals surface area contributed by atoms with E-state index in [4.69, 9.17) is 5.73 Å². The molecule has 0 fully saturated rings. The Labute approximate surface area is 115 Å². The molecule has 0 aliphatic heterocycles. The molecule has 0 aromatic carbocycles. The maximum Gasteiger partial charge on any atom is 0.350 e. The molecule has 0 spiro atoms. The normalized spacial score (nSPS) is 11.3. The van der Waals surface area contributed by atoms with Gasteiger partial charge in [0.1, 0.15) is 4.88 Å². The first-order chi connectivity index (χ1) is 7.99. The second-order valence-electron chi connectivity index (χ2n) is 3.55. The lowest BCUT2D eigenvalue weighted by atomic mass is 10.2. The molecule has 1 amide bonds. The average molecular weight is 294 g/mol. The summed E-state index contributed by atoms with van der Waals surface area (Å²) in [6, 6.07) is 0. The minimum atomic E-state index is -0.452. The van der Waals surface area contributed by atoms with Crippen molar-refractivity contribution in [1.82, 2.24) is 4.98 Å². The topological polar surface area (TPSA) is 94.3 Å². The number of anilines is 1. The number of aryl methyl sites for hydroxylation is 1. The third kappa shape index (κ3) is 3.94. The predicted octanol–water partition coefficient (Wildman–Crippen LogP) is 1.19. The molecular weight excluding hydrogens is 278 g/mol. The summed E-state index contributed by atoms with van der Waals surface area (Å²) in [7, 11) is 1.30. The van der Waals surface area contributed by atoms with Crippen LogP contribution < -0.4 is 11.1 Å². The van der Waals surface area contributed by atoms with Gasteiger partial charge in [-0.15, -0.1) is 12.4 Å². The van der Waals surface area contributed by atoms with Gasteiger partial charge in [-0.2, -0.15) is 0 Å². The number of thiazole rings is 1. The largest absolute Gasteiger partial charge is 0.465 e. The van der Waals surface area contributed by atoms with E-state index in [1.807, 2.05) is 0 Å². The van der Waals surface area contributed by atoms with Gasteiger partial charge in [-0.05, 0) is 6.92 Å². The van der Waals surface area contributed by atoms with E-state index in [0.29, 0.717) is 15.7 Å². The highest BCUT2D eigenvalue weighted by atomic mass is 35.5. The fourth-order valence-corrected chi connectivity index (χ4v) is 1.96. The highest BCUT2D eigenvalue weighted by molar-refractivity contribution is 7.17. The summed E-state index contributed by atoms with van der Waals surface area (Å²) in [5.74, 6) is -0.953. The second-order valence-corrected chi connectivity index (χ2v) is 4.55. The fraction of sp³-hybridized carbons (Fsp3) is 0.500. The number of nitrogens with one attached hydrogen (secondary N) is 1. The zero-order chi connectivity index (χ0) is 13.0. The van der Waals surface area contributed by atoms with Gasteiger partial charge in [0.15, 0.2) is 5.13 Å². The zero-order valence-corrected chi connectivity index (χ0v) is 12.0. The molecule has 0 saturated heterocycles. The zero-order valence-electron chi connectivity index (χ0n) is 10.4. The Morgan fingerprint density at radius 2 is 2.17 bits per heavy atom. The Balaban J connectivity index is 0.00000289. The summed E-state index contributed by atoms with van der Waals surface area (Å²) in [4.78, 5) is 27.4. The van der Waals surface area contributed by atoms with Crippen LogP contribution in [0.5, 0.6) is 0 Å². The van der Waals surface area contributed by atoms with Gasteiger partial charge in [0.05, 0.1) is 12.8 Å². The van der Waals surface area contributed by atoms with Crippen LogP contribution in [-0.4, -0.2) is 30.5 Å². The molecule has 0 saturated carbocycles. The molecule has 6 nitrogen and oxygen atoms in total. The van der Waals surface area contributed by atoms with Gasteiger partial charge in [-0.25, -0.2) is 9.78 Å². The van der Waals surface area contributed by atoms with E-state index in [1.54, 1.807) is 13.8 Å². The van der Waals surface area contributed by atoms with Gasteiger partial charge < -0.3 is 15.8 Å². The highest BCUT2D eigenvalue weighted by Crippen LogP contribution is 2.23. The van der Waals surface area contributed by atoms with Crippen LogP contribution in [0, 0.1) is 12.8 Å². The van der Waals surface area contributed by atoms with Crippen LogP contribution in [-0.2, 0) is 9.53 Å². The molecular formula is C10H16ClN3O3S. The van der Waals surface area contributed by atoms with Crippen LogP contribution >= 0.6 is 23.7 Å². The minimum Gasteiger partial charge on any atom is -0.465 e. The molecule has 0 aliphatic carbocycles. The number of esters is 1. The highest BCUT2D eigenvalue weighted by Gasteiger charge is 2.18. The van der Waals surface area contributed by atoms with Gasteiger partial charge in [-0.1, -0.05) is 18.3 Å². The first kappa shape index (κ1) is 16.8. The number of nitrogens with zero attached hydrogens (tertiary/aromatic N) is 1. The number of ether oxygens (including phenoxy) is 1. The van der Waals surface area contributed by atoms with E-state index in [0.717, 1.165) is 11.3 Å². The summed E-state index contributed by atoms with van der Waals surface area (Å²) in [6.07, 6.45) is 0. The van der Waals surface area contributed by atoms with E-state index in [2.05, 4.69) is 15.0 Å². The SMILES string of the molecule is COC(=O)c1sc(NC(=O)C(C)CN)nc1C.Cl. The molecule has 1 rings (SSSR count). The molecule has 1 atom stereocenters. The number of aromatic nitrogens is 1. The summed E-state index contributed by atoms with van der Waals surface area (Å²) < 4.78 is 4.60. The lowest BCUT2D eigenvalue weighted by Crippen LogP contribution is -2.26. The predicted molar refractivity (Wildman–Crippen MR) is 72.3 cm³/mol. The van der Waals surface area contributed by atoms with Crippen LogP contribution in [0.15, 0.2) is 0 Å². The maximum absolute atomic E-state index is 11.6. The Hall–Kier alpha value is -1.18. The second kappa shape index (κ2) is 7.30. The number of hydrogen-bond donors (Lipinski definition) is 2. The summed E-state index contributed by atoms with van der Waals surface area (Å²) in [5, 5.41) is 3.00. The van der Waals surface area contributed by atoms with Crippen molar-refractivity contribution in [3.05, 3.63) is 10.6 Å². The Morgan fingerprint density at radius 1 is 1.56 bits per heavy atom. The lowest BCUT2D eigenvalue weighted by molar-refractivity contribution is -0.119.